The van der Waals surface area contributed by atoms with Gasteiger partial charge < -0.3 is 14.8 Å². The number of fused-ring (bicyclic) bond motifs is 2. The SMILES string of the molecule is O=C1CC(c2cccc(F)c2)c2cc3c(cc2N1)OCO3. The molecule has 2 aliphatic rings. The Morgan fingerprint density at radius 1 is 1.14 bits per heavy atom. The number of benzene rings is 2. The van der Waals surface area contributed by atoms with E-state index in [1.165, 1.54) is 12.1 Å². The minimum atomic E-state index is -0.305. The summed E-state index contributed by atoms with van der Waals surface area (Å²) in [4.78, 5) is 11.9. The van der Waals surface area contributed by atoms with Gasteiger partial charge in [0.1, 0.15) is 5.82 Å². The van der Waals surface area contributed by atoms with Gasteiger partial charge in [0.2, 0.25) is 12.7 Å². The molecule has 0 bridgehead atoms. The average molecular weight is 285 g/mol. The van der Waals surface area contributed by atoms with Crippen LogP contribution >= 0.6 is 0 Å². The second kappa shape index (κ2) is 4.48. The van der Waals surface area contributed by atoms with Crippen LogP contribution in [0.1, 0.15) is 23.5 Å². The zero-order valence-corrected chi connectivity index (χ0v) is 11.1. The summed E-state index contributed by atoms with van der Waals surface area (Å²) < 4.78 is 24.2. The Balaban J connectivity index is 1.85. The molecule has 2 aromatic rings. The van der Waals surface area contributed by atoms with Gasteiger partial charge in [0.15, 0.2) is 11.5 Å². The van der Waals surface area contributed by atoms with Crippen LogP contribution in [0, 0.1) is 5.82 Å². The summed E-state index contributed by atoms with van der Waals surface area (Å²) in [5.41, 5.74) is 2.40. The summed E-state index contributed by atoms with van der Waals surface area (Å²) in [6.45, 7) is 0.177. The molecule has 1 N–H and O–H groups in total. The Bertz CT molecular complexity index is 744. The molecule has 4 rings (SSSR count). The van der Waals surface area contributed by atoms with Crippen LogP contribution in [0.2, 0.25) is 0 Å². The predicted octanol–water partition coefficient (Wildman–Crippen LogP) is 3.03. The van der Waals surface area contributed by atoms with Gasteiger partial charge in [-0.2, -0.15) is 0 Å². The van der Waals surface area contributed by atoms with Gasteiger partial charge in [0.25, 0.3) is 0 Å². The second-order valence-corrected chi connectivity index (χ2v) is 5.15. The topological polar surface area (TPSA) is 47.6 Å². The quantitative estimate of drug-likeness (QED) is 0.876. The molecule has 0 aliphatic carbocycles. The number of anilines is 1. The number of amides is 1. The molecule has 106 valence electrons. The van der Waals surface area contributed by atoms with Gasteiger partial charge >= 0.3 is 0 Å². The third-order valence-electron chi connectivity index (χ3n) is 3.83. The minimum Gasteiger partial charge on any atom is -0.454 e. The molecule has 5 heteroatoms. The molecule has 0 fully saturated rings. The molecular formula is C16H12FNO3. The highest BCUT2D eigenvalue weighted by atomic mass is 19.1. The monoisotopic (exact) mass is 285 g/mol. The molecule has 2 aliphatic heterocycles. The highest BCUT2D eigenvalue weighted by molar-refractivity contribution is 5.96. The highest BCUT2D eigenvalue weighted by Crippen LogP contribution is 2.44. The molecule has 2 heterocycles. The van der Waals surface area contributed by atoms with Crippen molar-refractivity contribution in [3.63, 3.8) is 0 Å². The molecule has 0 spiro atoms. The number of halogens is 1. The molecule has 0 aromatic heterocycles. The smallest absolute Gasteiger partial charge is 0.231 e. The van der Waals surface area contributed by atoms with Crippen molar-refractivity contribution in [2.24, 2.45) is 0 Å². The number of hydrogen-bond donors (Lipinski definition) is 1. The number of carbonyl (C=O) groups is 1. The van der Waals surface area contributed by atoms with Crippen molar-refractivity contribution in [3.05, 3.63) is 53.3 Å². The normalized spacial score (nSPS) is 19.1. The summed E-state index contributed by atoms with van der Waals surface area (Å²) in [7, 11) is 0. The molecule has 0 saturated carbocycles. The summed E-state index contributed by atoms with van der Waals surface area (Å²) in [5, 5.41) is 2.84. The van der Waals surface area contributed by atoms with E-state index in [1.54, 1.807) is 12.1 Å². The molecule has 1 amide bonds. The Kier molecular flexibility index (Phi) is 2.60. The van der Waals surface area contributed by atoms with E-state index in [2.05, 4.69) is 5.32 Å². The average Bonchev–Trinajstić information content (AvgIpc) is 2.91. The lowest BCUT2D eigenvalue weighted by molar-refractivity contribution is -0.116. The van der Waals surface area contributed by atoms with E-state index in [0.29, 0.717) is 17.2 Å². The van der Waals surface area contributed by atoms with Crippen LogP contribution in [-0.4, -0.2) is 12.7 Å². The fourth-order valence-corrected chi connectivity index (χ4v) is 2.87. The van der Waals surface area contributed by atoms with E-state index >= 15 is 0 Å². The van der Waals surface area contributed by atoms with Crippen molar-refractivity contribution >= 4 is 11.6 Å². The van der Waals surface area contributed by atoms with Crippen LogP contribution in [0.3, 0.4) is 0 Å². The Morgan fingerprint density at radius 2 is 1.95 bits per heavy atom. The third-order valence-corrected chi connectivity index (χ3v) is 3.83. The van der Waals surface area contributed by atoms with E-state index < -0.39 is 0 Å². The first kappa shape index (κ1) is 12.2. The maximum Gasteiger partial charge on any atom is 0.231 e. The maximum absolute atomic E-state index is 13.5. The first-order valence-electron chi connectivity index (χ1n) is 6.69. The summed E-state index contributed by atoms with van der Waals surface area (Å²) in [5.74, 6) is 0.704. The van der Waals surface area contributed by atoms with Crippen molar-refractivity contribution in [3.8, 4) is 11.5 Å². The molecule has 1 unspecified atom stereocenters. The van der Waals surface area contributed by atoms with Crippen molar-refractivity contribution in [2.75, 3.05) is 12.1 Å². The van der Waals surface area contributed by atoms with Crippen LogP contribution in [0.4, 0.5) is 10.1 Å². The lowest BCUT2D eigenvalue weighted by Gasteiger charge is -2.26. The van der Waals surface area contributed by atoms with E-state index in [9.17, 15) is 9.18 Å². The predicted molar refractivity (Wildman–Crippen MR) is 74.1 cm³/mol. The van der Waals surface area contributed by atoms with Crippen LogP contribution in [0.15, 0.2) is 36.4 Å². The zero-order valence-electron chi connectivity index (χ0n) is 11.1. The lowest BCUT2D eigenvalue weighted by Crippen LogP contribution is -2.23. The molecule has 1 atom stereocenters. The Labute approximate surface area is 120 Å². The molecule has 2 aromatic carbocycles. The second-order valence-electron chi connectivity index (χ2n) is 5.15. The number of nitrogens with one attached hydrogen (secondary N) is 1. The first-order chi connectivity index (χ1) is 10.2. The Hall–Kier alpha value is -2.56. The molecular weight excluding hydrogens is 273 g/mol. The van der Waals surface area contributed by atoms with Gasteiger partial charge in [-0.25, -0.2) is 4.39 Å². The van der Waals surface area contributed by atoms with Crippen LogP contribution < -0.4 is 14.8 Å². The van der Waals surface area contributed by atoms with Crippen molar-refractivity contribution in [2.45, 2.75) is 12.3 Å². The van der Waals surface area contributed by atoms with E-state index in [-0.39, 0.29) is 30.9 Å². The first-order valence-corrected chi connectivity index (χ1v) is 6.69. The minimum absolute atomic E-state index is 0.0874. The lowest BCUT2D eigenvalue weighted by atomic mass is 9.84. The number of ether oxygens (including phenoxy) is 2. The third kappa shape index (κ3) is 2.01. The largest absolute Gasteiger partial charge is 0.454 e. The standard InChI is InChI=1S/C16H12FNO3/c17-10-3-1-2-9(4-10)11-6-16(19)18-13-7-15-14(5-12(11)13)20-8-21-15/h1-5,7,11H,6,8H2,(H,18,19). The van der Waals surface area contributed by atoms with Gasteiger partial charge in [-0.05, 0) is 29.3 Å². The molecule has 4 nitrogen and oxygen atoms in total. The molecule has 0 radical (unpaired) electrons. The maximum atomic E-state index is 13.5. The van der Waals surface area contributed by atoms with Crippen molar-refractivity contribution < 1.29 is 18.7 Å². The molecule has 0 saturated heterocycles. The summed E-state index contributed by atoms with van der Waals surface area (Å²) in [6, 6.07) is 9.99. The van der Waals surface area contributed by atoms with Gasteiger partial charge in [0.05, 0.1) is 0 Å². The van der Waals surface area contributed by atoms with Crippen molar-refractivity contribution in [1.82, 2.24) is 0 Å². The van der Waals surface area contributed by atoms with E-state index in [1.807, 2.05) is 12.1 Å². The van der Waals surface area contributed by atoms with Gasteiger partial charge in [-0.3, -0.25) is 4.79 Å². The summed E-state index contributed by atoms with van der Waals surface area (Å²) >= 11 is 0. The number of rotatable bonds is 1. The van der Waals surface area contributed by atoms with Gasteiger partial charge in [-0.15, -0.1) is 0 Å². The van der Waals surface area contributed by atoms with Crippen LogP contribution in [0.5, 0.6) is 11.5 Å². The van der Waals surface area contributed by atoms with Crippen LogP contribution in [-0.2, 0) is 4.79 Å². The highest BCUT2D eigenvalue weighted by Gasteiger charge is 2.29. The number of hydrogen-bond acceptors (Lipinski definition) is 3. The van der Waals surface area contributed by atoms with Crippen molar-refractivity contribution in [1.29, 1.82) is 0 Å². The number of carbonyl (C=O) groups excluding carboxylic acids is 1. The van der Waals surface area contributed by atoms with E-state index in [0.717, 1.165) is 11.1 Å². The fraction of sp³-hybridized carbons (Fsp3) is 0.188. The fourth-order valence-electron chi connectivity index (χ4n) is 2.87. The summed E-state index contributed by atoms with van der Waals surface area (Å²) in [6.07, 6.45) is 0.288. The van der Waals surface area contributed by atoms with Gasteiger partial charge in [0, 0.05) is 24.1 Å². The van der Waals surface area contributed by atoms with E-state index in [4.69, 9.17) is 9.47 Å². The molecule has 21 heavy (non-hydrogen) atoms. The van der Waals surface area contributed by atoms with Crippen LogP contribution in [0.25, 0.3) is 0 Å². The van der Waals surface area contributed by atoms with Gasteiger partial charge in [-0.1, -0.05) is 12.1 Å². The Morgan fingerprint density at radius 3 is 2.76 bits per heavy atom. The zero-order chi connectivity index (χ0) is 14.4.